The molecule has 31 heavy (non-hydrogen) atoms. The zero-order chi connectivity index (χ0) is 22.0. The van der Waals surface area contributed by atoms with Gasteiger partial charge in [-0.1, -0.05) is 17.7 Å². The predicted molar refractivity (Wildman–Crippen MR) is 115 cm³/mol. The first-order valence-electron chi connectivity index (χ1n) is 9.32. The highest BCUT2D eigenvalue weighted by atomic mass is 35.5. The van der Waals surface area contributed by atoms with Crippen molar-refractivity contribution >= 4 is 23.4 Å². The third kappa shape index (κ3) is 4.62. The van der Waals surface area contributed by atoms with Gasteiger partial charge in [-0.3, -0.25) is 9.48 Å². The van der Waals surface area contributed by atoms with Crippen molar-refractivity contribution in [2.45, 2.75) is 12.6 Å². The van der Waals surface area contributed by atoms with Crippen molar-refractivity contribution in [1.29, 1.82) is 0 Å². The Morgan fingerprint density at radius 3 is 2.74 bits per heavy atom. The summed E-state index contributed by atoms with van der Waals surface area (Å²) in [5.74, 6) is 0.464. The van der Waals surface area contributed by atoms with Gasteiger partial charge in [-0.25, -0.2) is 14.4 Å². The van der Waals surface area contributed by atoms with Crippen LogP contribution in [0.15, 0.2) is 65.8 Å². The standard InChI is InChI=1S/C21H18ClFN6O2/c1-28-19(5-8-25-28)27-21-24-7-4-17(26-21)13-6-9-29(20(31)11-13)12-18(30)14-2-3-15(22)16(23)10-14/h2-11,18,30H,12H2,1H3,(H,24,26,27)/t18-/m0/s1. The number of rotatable bonds is 6. The van der Waals surface area contributed by atoms with Crippen molar-refractivity contribution < 1.29 is 9.50 Å². The third-order valence-corrected chi connectivity index (χ3v) is 5.01. The fraction of sp³-hybridized carbons (Fsp3) is 0.143. The van der Waals surface area contributed by atoms with Crippen LogP contribution in [0, 0.1) is 5.82 Å². The SMILES string of the molecule is Cn1nccc1Nc1nccc(-c2ccn(C[C@H](O)c3ccc(Cl)c(F)c3)c(=O)c2)n1. The molecule has 0 fully saturated rings. The summed E-state index contributed by atoms with van der Waals surface area (Å²) in [6, 6.07) is 10.7. The maximum Gasteiger partial charge on any atom is 0.251 e. The van der Waals surface area contributed by atoms with E-state index in [1.807, 2.05) is 0 Å². The number of aromatic nitrogens is 5. The van der Waals surface area contributed by atoms with Crippen LogP contribution in [0.25, 0.3) is 11.3 Å². The van der Waals surface area contributed by atoms with Crippen LogP contribution in [0.5, 0.6) is 0 Å². The van der Waals surface area contributed by atoms with Crippen LogP contribution in [0.2, 0.25) is 5.02 Å². The largest absolute Gasteiger partial charge is 0.387 e. The first kappa shape index (κ1) is 20.7. The third-order valence-electron chi connectivity index (χ3n) is 4.71. The number of aliphatic hydroxyl groups is 1. The molecule has 158 valence electrons. The Bertz CT molecular complexity index is 1290. The number of hydrogen-bond donors (Lipinski definition) is 2. The lowest BCUT2D eigenvalue weighted by Gasteiger charge is -2.14. The average molecular weight is 441 g/mol. The lowest BCUT2D eigenvalue weighted by Crippen LogP contribution is -2.22. The summed E-state index contributed by atoms with van der Waals surface area (Å²) in [6.45, 7) is -0.0305. The van der Waals surface area contributed by atoms with Crippen molar-refractivity contribution in [3.8, 4) is 11.3 Å². The molecule has 2 N–H and O–H groups in total. The monoisotopic (exact) mass is 440 g/mol. The van der Waals surface area contributed by atoms with Gasteiger partial charge >= 0.3 is 0 Å². The van der Waals surface area contributed by atoms with E-state index in [1.165, 1.54) is 22.8 Å². The maximum atomic E-state index is 13.6. The van der Waals surface area contributed by atoms with Crippen LogP contribution >= 0.6 is 11.6 Å². The number of anilines is 2. The molecule has 1 aromatic carbocycles. The molecule has 0 bridgehead atoms. The van der Waals surface area contributed by atoms with Gasteiger partial charge in [0, 0.05) is 37.1 Å². The molecule has 3 heterocycles. The van der Waals surface area contributed by atoms with Crippen molar-refractivity contribution in [2.24, 2.45) is 7.05 Å². The van der Waals surface area contributed by atoms with Gasteiger partial charge < -0.3 is 15.0 Å². The fourth-order valence-corrected chi connectivity index (χ4v) is 3.14. The number of nitrogens with zero attached hydrogens (tertiary/aromatic N) is 5. The molecule has 0 spiro atoms. The normalized spacial score (nSPS) is 12.0. The van der Waals surface area contributed by atoms with E-state index in [4.69, 9.17) is 11.6 Å². The molecule has 0 saturated heterocycles. The second kappa shape index (κ2) is 8.66. The maximum absolute atomic E-state index is 13.6. The summed E-state index contributed by atoms with van der Waals surface area (Å²) in [4.78, 5) is 21.2. The highest BCUT2D eigenvalue weighted by Crippen LogP contribution is 2.22. The van der Waals surface area contributed by atoms with Crippen molar-refractivity contribution in [3.05, 3.63) is 87.8 Å². The highest BCUT2D eigenvalue weighted by molar-refractivity contribution is 6.30. The molecule has 0 unspecified atom stereocenters. The van der Waals surface area contributed by atoms with E-state index in [0.29, 0.717) is 22.8 Å². The van der Waals surface area contributed by atoms with E-state index in [2.05, 4.69) is 20.4 Å². The van der Waals surface area contributed by atoms with Gasteiger partial charge in [0.05, 0.1) is 29.6 Å². The van der Waals surface area contributed by atoms with E-state index in [1.54, 1.807) is 48.5 Å². The number of aryl methyl sites for hydroxylation is 1. The quantitative estimate of drug-likeness (QED) is 0.477. The molecule has 0 radical (unpaired) electrons. The predicted octanol–water partition coefficient (Wildman–Crippen LogP) is 3.31. The molecule has 4 rings (SSSR count). The topological polar surface area (TPSA) is 97.9 Å². The number of hydrogen-bond acceptors (Lipinski definition) is 6. The number of nitrogens with one attached hydrogen (secondary N) is 1. The highest BCUT2D eigenvalue weighted by Gasteiger charge is 2.13. The van der Waals surface area contributed by atoms with Gasteiger partial charge in [-0.05, 0) is 29.8 Å². The molecule has 3 aromatic heterocycles. The minimum atomic E-state index is -1.07. The zero-order valence-electron chi connectivity index (χ0n) is 16.4. The summed E-state index contributed by atoms with van der Waals surface area (Å²) in [5, 5.41) is 17.5. The lowest BCUT2D eigenvalue weighted by molar-refractivity contribution is 0.154. The van der Waals surface area contributed by atoms with Crippen LogP contribution < -0.4 is 10.9 Å². The Kier molecular flexibility index (Phi) is 5.79. The van der Waals surface area contributed by atoms with E-state index in [-0.39, 0.29) is 17.1 Å². The summed E-state index contributed by atoms with van der Waals surface area (Å²) < 4.78 is 16.6. The second-order valence-electron chi connectivity index (χ2n) is 6.83. The van der Waals surface area contributed by atoms with Crippen LogP contribution in [-0.2, 0) is 13.6 Å². The minimum absolute atomic E-state index is 0.0282. The summed E-state index contributed by atoms with van der Waals surface area (Å²) in [7, 11) is 1.79. The molecule has 8 nitrogen and oxygen atoms in total. The zero-order valence-corrected chi connectivity index (χ0v) is 17.2. The second-order valence-corrected chi connectivity index (χ2v) is 7.23. The fourth-order valence-electron chi connectivity index (χ4n) is 3.02. The van der Waals surface area contributed by atoms with E-state index >= 15 is 0 Å². The van der Waals surface area contributed by atoms with Crippen LogP contribution in [0.1, 0.15) is 11.7 Å². The first-order chi connectivity index (χ1) is 14.9. The molecule has 10 heteroatoms. The first-order valence-corrected chi connectivity index (χ1v) is 9.70. The smallest absolute Gasteiger partial charge is 0.251 e. The number of aliphatic hydroxyl groups excluding tert-OH is 1. The van der Waals surface area contributed by atoms with Crippen molar-refractivity contribution in [3.63, 3.8) is 0 Å². The molecule has 0 aliphatic carbocycles. The van der Waals surface area contributed by atoms with Crippen LogP contribution in [-0.4, -0.2) is 29.4 Å². The van der Waals surface area contributed by atoms with Gasteiger partial charge in [0.2, 0.25) is 5.95 Å². The van der Waals surface area contributed by atoms with Crippen molar-refractivity contribution in [2.75, 3.05) is 5.32 Å². The molecular weight excluding hydrogens is 423 g/mol. The van der Waals surface area contributed by atoms with Gasteiger partial charge in [0.25, 0.3) is 5.56 Å². The Balaban J connectivity index is 1.53. The van der Waals surface area contributed by atoms with Gasteiger partial charge in [-0.15, -0.1) is 0 Å². The van der Waals surface area contributed by atoms with Gasteiger partial charge in [0.1, 0.15) is 11.6 Å². The van der Waals surface area contributed by atoms with Crippen LogP contribution in [0.4, 0.5) is 16.2 Å². The number of benzene rings is 1. The molecule has 1 atom stereocenters. The molecule has 0 saturated carbocycles. The Morgan fingerprint density at radius 2 is 2.03 bits per heavy atom. The van der Waals surface area contributed by atoms with E-state index in [9.17, 15) is 14.3 Å². The average Bonchev–Trinajstić information content (AvgIpc) is 3.16. The number of pyridine rings is 1. The van der Waals surface area contributed by atoms with Crippen molar-refractivity contribution in [1.82, 2.24) is 24.3 Å². The Labute approximate surface area is 181 Å². The summed E-state index contributed by atoms with van der Waals surface area (Å²) in [6.07, 6.45) is 3.73. The Hall–Kier alpha value is -3.56. The number of halogens is 2. The molecule has 4 aromatic rings. The minimum Gasteiger partial charge on any atom is -0.387 e. The summed E-state index contributed by atoms with van der Waals surface area (Å²) in [5.41, 5.74) is 1.17. The van der Waals surface area contributed by atoms with E-state index < -0.39 is 11.9 Å². The Morgan fingerprint density at radius 1 is 1.19 bits per heavy atom. The lowest BCUT2D eigenvalue weighted by atomic mass is 10.1. The van der Waals surface area contributed by atoms with Crippen LogP contribution in [0.3, 0.4) is 0 Å². The molecular formula is C21H18ClFN6O2. The molecule has 0 aliphatic rings. The molecule has 0 aliphatic heterocycles. The van der Waals surface area contributed by atoms with Gasteiger partial charge in [-0.2, -0.15) is 5.10 Å². The van der Waals surface area contributed by atoms with E-state index in [0.717, 1.165) is 11.9 Å². The molecule has 0 amide bonds. The summed E-state index contributed by atoms with van der Waals surface area (Å²) >= 11 is 5.67. The van der Waals surface area contributed by atoms with Gasteiger partial charge in [0.15, 0.2) is 0 Å².